The quantitative estimate of drug-likeness (QED) is 0.203. The second-order valence-corrected chi connectivity index (χ2v) is 12.4. The molecule has 4 aromatic heterocycles. The van der Waals surface area contributed by atoms with Gasteiger partial charge in [-0.2, -0.15) is 0 Å². The number of rotatable bonds is 8. The Balaban J connectivity index is 1.28. The molecule has 0 spiro atoms. The second kappa shape index (κ2) is 14.2. The van der Waals surface area contributed by atoms with Gasteiger partial charge in [0.25, 0.3) is 0 Å². The van der Waals surface area contributed by atoms with Crippen molar-refractivity contribution in [1.29, 1.82) is 0 Å². The van der Waals surface area contributed by atoms with Crippen molar-refractivity contribution >= 4 is 48.4 Å². The highest BCUT2D eigenvalue weighted by atomic mass is 32.1. The molecule has 2 unspecified atom stereocenters. The van der Waals surface area contributed by atoms with Crippen LogP contribution in [0.25, 0.3) is 55.3 Å². The Morgan fingerprint density at radius 2 is 1.26 bits per heavy atom. The number of nitrogens with zero attached hydrogens (tertiary/aromatic N) is 17. The maximum absolute atomic E-state index is 4.87. The average Bonchev–Trinajstić information content (AvgIpc) is 3.74. The molecule has 54 heavy (non-hydrogen) atoms. The predicted octanol–water partition coefficient (Wildman–Crippen LogP) is 2.15. The fourth-order valence-corrected chi connectivity index (χ4v) is 6.92. The summed E-state index contributed by atoms with van der Waals surface area (Å²) in [6.07, 6.45) is 14.1. The third-order valence-corrected chi connectivity index (χ3v) is 9.26. The standard InChI is InChI=1S/C33H24N20S/c1-17-39-16-50-31(51-17)25-21(5-3-19(27-42-8-35-9-43-27)23(25)29-46-12-37-13-47-29)33-53-52-32(54-33)20-4-2-18(26-40-6-34-7-41-26)22(28-44-10-36-11-45-28)24(20)30-48-14-38-15-49-30/h2-8,10-17,26H,9H2,1H3,(H,34,40,41)(H,35,42,43)(H,39,50,51). The van der Waals surface area contributed by atoms with Crippen LogP contribution in [0, 0.1) is 0 Å². The molecule has 7 heterocycles. The van der Waals surface area contributed by atoms with Crippen molar-refractivity contribution in [1.82, 2.24) is 71.0 Å². The van der Waals surface area contributed by atoms with E-state index in [1.807, 2.05) is 31.2 Å². The molecule has 0 amide bonds. The molecule has 0 saturated heterocycles. The van der Waals surface area contributed by atoms with Gasteiger partial charge in [-0.3, -0.25) is 4.99 Å². The summed E-state index contributed by atoms with van der Waals surface area (Å²) in [5.41, 5.74) is 5.36. The molecule has 6 aromatic rings. The molecule has 3 aliphatic rings. The molecule has 21 heteroatoms. The summed E-state index contributed by atoms with van der Waals surface area (Å²) in [6.45, 7) is 2.29. The van der Waals surface area contributed by atoms with Crippen LogP contribution in [0.5, 0.6) is 0 Å². The number of aromatic nitrogens is 11. The smallest absolute Gasteiger partial charge is 0.164 e. The number of nitrogens with one attached hydrogen (secondary N) is 3. The van der Waals surface area contributed by atoms with E-state index in [1.165, 1.54) is 62.0 Å². The van der Waals surface area contributed by atoms with Crippen LogP contribution in [0.3, 0.4) is 0 Å². The topological polar surface area (TPSA) is 252 Å². The molecular weight excluding hydrogens is 709 g/mol. The SMILES string of the molecule is CC1N=C(c2c(-c3nnc(-c4ccc(C5N=CN=CN5)c(-c5ncncn5)c4-c4ncncn4)s3)ccc(C3=NC=NCN3)c2-c2ncncn2)N=CN1. The number of benzene rings is 2. The lowest BCUT2D eigenvalue weighted by atomic mass is 9.93. The molecule has 0 bridgehead atoms. The molecule has 3 N–H and O–H groups in total. The highest BCUT2D eigenvalue weighted by Gasteiger charge is 2.30. The van der Waals surface area contributed by atoms with E-state index in [1.54, 1.807) is 12.7 Å². The van der Waals surface area contributed by atoms with E-state index < -0.39 is 6.17 Å². The molecule has 20 nitrogen and oxygen atoms in total. The van der Waals surface area contributed by atoms with Crippen LogP contribution in [0.1, 0.15) is 29.8 Å². The van der Waals surface area contributed by atoms with E-state index in [9.17, 15) is 0 Å². The lowest BCUT2D eigenvalue weighted by Gasteiger charge is -2.21. The van der Waals surface area contributed by atoms with Gasteiger partial charge < -0.3 is 16.0 Å². The van der Waals surface area contributed by atoms with Crippen LogP contribution in [-0.4, -0.2) is 105 Å². The van der Waals surface area contributed by atoms with Crippen LogP contribution in [0.4, 0.5) is 0 Å². The Morgan fingerprint density at radius 1 is 0.648 bits per heavy atom. The maximum atomic E-state index is 4.87. The number of amidine groups is 2. The van der Waals surface area contributed by atoms with Gasteiger partial charge in [0, 0.05) is 44.5 Å². The zero-order valence-electron chi connectivity index (χ0n) is 28.0. The van der Waals surface area contributed by atoms with Crippen molar-refractivity contribution in [3.8, 4) is 55.3 Å². The third-order valence-electron chi connectivity index (χ3n) is 8.27. The summed E-state index contributed by atoms with van der Waals surface area (Å²) in [6, 6.07) is 7.75. The minimum absolute atomic E-state index is 0.257. The van der Waals surface area contributed by atoms with E-state index in [2.05, 4.69) is 85.8 Å². The molecular formula is C33H24N20S. The fraction of sp³-hybridized carbons (Fsp3) is 0.121. The summed E-state index contributed by atoms with van der Waals surface area (Å²) in [5, 5.41) is 20.2. The van der Waals surface area contributed by atoms with Gasteiger partial charge in [0.1, 0.15) is 85.5 Å². The van der Waals surface area contributed by atoms with E-state index in [0.717, 1.165) is 11.1 Å². The first-order chi connectivity index (χ1) is 26.7. The Kier molecular flexibility index (Phi) is 8.53. The molecule has 3 aliphatic heterocycles. The highest BCUT2D eigenvalue weighted by Crippen LogP contribution is 2.44. The zero-order valence-corrected chi connectivity index (χ0v) is 28.8. The molecule has 2 aromatic carbocycles. The minimum Gasteiger partial charge on any atom is -0.355 e. The first-order valence-electron chi connectivity index (χ1n) is 16.2. The normalized spacial score (nSPS) is 17.3. The molecule has 2 atom stereocenters. The van der Waals surface area contributed by atoms with Gasteiger partial charge in [-0.05, 0) is 13.0 Å². The van der Waals surface area contributed by atoms with Crippen molar-refractivity contribution in [3.05, 3.63) is 78.9 Å². The number of hydrogen-bond donors (Lipinski definition) is 3. The Hall–Kier alpha value is -7.55. The molecule has 0 radical (unpaired) electrons. The van der Waals surface area contributed by atoms with Gasteiger partial charge in [-0.1, -0.05) is 29.5 Å². The Bertz CT molecular complexity index is 2530. The van der Waals surface area contributed by atoms with Gasteiger partial charge in [-0.15, -0.1) is 10.2 Å². The lowest BCUT2D eigenvalue weighted by Crippen LogP contribution is -2.30. The van der Waals surface area contributed by atoms with Crippen LogP contribution in [-0.2, 0) is 0 Å². The van der Waals surface area contributed by atoms with E-state index in [-0.39, 0.29) is 6.17 Å². The summed E-state index contributed by atoms with van der Waals surface area (Å²) in [7, 11) is 0. The average molecular weight is 733 g/mol. The van der Waals surface area contributed by atoms with Crippen LogP contribution < -0.4 is 16.0 Å². The largest absolute Gasteiger partial charge is 0.355 e. The molecule has 9 rings (SSSR count). The van der Waals surface area contributed by atoms with Gasteiger partial charge in [0.15, 0.2) is 23.3 Å². The van der Waals surface area contributed by atoms with Gasteiger partial charge in [0.05, 0.1) is 12.7 Å². The Labute approximate surface area is 308 Å². The van der Waals surface area contributed by atoms with Crippen LogP contribution in [0.2, 0.25) is 0 Å². The van der Waals surface area contributed by atoms with Crippen LogP contribution in [0.15, 0.2) is 92.2 Å². The predicted molar refractivity (Wildman–Crippen MR) is 201 cm³/mol. The summed E-state index contributed by atoms with van der Waals surface area (Å²) >= 11 is 1.36. The van der Waals surface area contributed by atoms with Gasteiger partial charge in [-0.25, -0.2) is 69.8 Å². The van der Waals surface area contributed by atoms with Crippen molar-refractivity contribution in [2.45, 2.75) is 19.3 Å². The lowest BCUT2D eigenvalue weighted by molar-refractivity contribution is 0.689. The van der Waals surface area contributed by atoms with Crippen molar-refractivity contribution in [2.24, 2.45) is 30.0 Å². The van der Waals surface area contributed by atoms with Crippen molar-refractivity contribution < 1.29 is 0 Å². The molecule has 0 saturated carbocycles. The fourth-order valence-electron chi connectivity index (χ4n) is 6.01. The van der Waals surface area contributed by atoms with E-state index in [0.29, 0.717) is 79.2 Å². The number of hydrogen-bond acceptors (Lipinski definition) is 21. The monoisotopic (exact) mass is 732 g/mol. The highest BCUT2D eigenvalue weighted by molar-refractivity contribution is 7.18. The Morgan fingerprint density at radius 3 is 1.87 bits per heavy atom. The molecule has 262 valence electrons. The molecule has 0 fully saturated rings. The van der Waals surface area contributed by atoms with E-state index >= 15 is 0 Å². The zero-order chi connectivity index (χ0) is 36.3. The van der Waals surface area contributed by atoms with E-state index in [4.69, 9.17) is 15.2 Å². The van der Waals surface area contributed by atoms with Crippen LogP contribution >= 0.6 is 11.3 Å². The second-order valence-electron chi connectivity index (χ2n) is 11.4. The summed E-state index contributed by atoms with van der Waals surface area (Å²) < 4.78 is 0. The molecule has 0 aliphatic carbocycles. The summed E-state index contributed by atoms with van der Waals surface area (Å²) in [5.74, 6) is 2.21. The summed E-state index contributed by atoms with van der Waals surface area (Å²) in [4.78, 5) is 66.3. The van der Waals surface area contributed by atoms with Gasteiger partial charge >= 0.3 is 0 Å². The minimum atomic E-state index is -0.494. The van der Waals surface area contributed by atoms with Crippen molar-refractivity contribution in [3.63, 3.8) is 0 Å². The van der Waals surface area contributed by atoms with Crippen molar-refractivity contribution in [2.75, 3.05) is 6.67 Å². The first-order valence-corrected chi connectivity index (χ1v) is 17.1. The number of aliphatic imine (C=N–C) groups is 6. The first kappa shape index (κ1) is 32.4. The van der Waals surface area contributed by atoms with Gasteiger partial charge in [0.2, 0.25) is 0 Å². The maximum Gasteiger partial charge on any atom is 0.164 e. The third kappa shape index (κ3) is 6.08.